The minimum Gasteiger partial charge on any atom is -0.305 e. The molecule has 1 heterocycles. The Morgan fingerprint density at radius 2 is 1.76 bits per heavy atom. The standard InChI is InChI=1S/C20H21BrN4O3S/c1-20(2,3)17-12-18(24-23-17)22-19(26)13-5-4-6-16(11-13)29(27,28)25-15-9-7-14(21)8-10-15/h4-12,25H,1-3H3,(H2,22,23,24,26). The Hall–Kier alpha value is -2.65. The smallest absolute Gasteiger partial charge is 0.261 e. The maximum atomic E-state index is 12.7. The molecule has 0 spiro atoms. The normalized spacial score (nSPS) is 11.9. The average molecular weight is 477 g/mol. The minimum absolute atomic E-state index is 0.00882. The molecule has 0 unspecified atom stereocenters. The van der Waals surface area contributed by atoms with Gasteiger partial charge in [0.1, 0.15) is 0 Å². The van der Waals surface area contributed by atoms with Crippen LogP contribution in [-0.4, -0.2) is 24.5 Å². The average Bonchev–Trinajstić information content (AvgIpc) is 3.12. The summed E-state index contributed by atoms with van der Waals surface area (Å²) in [6, 6.07) is 14.3. The van der Waals surface area contributed by atoms with Crippen molar-refractivity contribution in [3.63, 3.8) is 0 Å². The summed E-state index contributed by atoms with van der Waals surface area (Å²) in [4.78, 5) is 12.6. The number of H-pyrrole nitrogens is 1. The van der Waals surface area contributed by atoms with E-state index in [-0.39, 0.29) is 15.9 Å². The van der Waals surface area contributed by atoms with Gasteiger partial charge < -0.3 is 5.32 Å². The van der Waals surface area contributed by atoms with E-state index in [1.54, 1.807) is 36.4 Å². The molecule has 7 nitrogen and oxygen atoms in total. The van der Waals surface area contributed by atoms with Gasteiger partial charge in [0.05, 0.1) is 4.90 Å². The Morgan fingerprint density at radius 1 is 1.07 bits per heavy atom. The number of halogens is 1. The molecule has 1 aromatic heterocycles. The molecular formula is C20H21BrN4O3S. The molecule has 2 aromatic carbocycles. The van der Waals surface area contributed by atoms with Gasteiger partial charge in [0.2, 0.25) is 0 Å². The molecule has 3 N–H and O–H groups in total. The minimum atomic E-state index is -3.84. The third kappa shape index (κ3) is 5.24. The molecule has 0 atom stereocenters. The summed E-state index contributed by atoms with van der Waals surface area (Å²) in [6.45, 7) is 6.08. The molecular weight excluding hydrogens is 456 g/mol. The Morgan fingerprint density at radius 3 is 2.38 bits per heavy atom. The summed E-state index contributed by atoms with van der Waals surface area (Å²) in [5.41, 5.74) is 1.38. The predicted octanol–water partition coefficient (Wildman–Crippen LogP) is 4.52. The van der Waals surface area contributed by atoms with Gasteiger partial charge in [-0.25, -0.2) is 8.42 Å². The zero-order valence-electron chi connectivity index (χ0n) is 16.2. The van der Waals surface area contributed by atoms with Crippen LogP contribution in [0.25, 0.3) is 0 Å². The number of carbonyl (C=O) groups excluding carboxylic acids is 1. The highest BCUT2D eigenvalue weighted by atomic mass is 79.9. The van der Waals surface area contributed by atoms with E-state index in [1.165, 1.54) is 18.2 Å². The number of nitrogens with zero attached hydrogens (tertiary/aromatic N) is 1. The number of aromatic nitrogens is 2. The number of hydrogen-bond donors (Lipinski definition) is 3. The van der Waals surface area contributed by atoms with Gasteiger partial charge in [-0.2, -0.15) is 5.10 Å². The number of nitrogens with one attached hydrogen (secondary N) is 3. The number of sulfonamides is 1. The highest BCUT2D eigenvalue weighted by Gasteiger charge is 2.19. The first-order valence-corrected chi connectivity index (χ1v) is 11.1. The largest absolute Gasteiger partial charge is 0.305 e. The number of carbonyl (C=O) groups is 1. The van der Waals surface area contributed by atoms with Crippen LogP contribution >= 0.6 is 15.9 Å². The molecule has 1 amide bonds. The summed E-state index contributed by atoms with van der Waals surface area (Å²) in [7, 11) is -3.84. The second-order valence-electron chi connectivity index (χ2n) is 7.51. The lowest BCUT2D eigenvalue weighted by molar-refractivity contribution is 0.102. The van der Waals surface area contributed by atoms with Crippen molar-refractivity contribution in [3.05, 3.63) is 70.3 Å². The van der Waals surface area contributed by atoms with Crippen molar-refractivity contribution in [1.29, 1.82) is 0 Å². The second kappa shape index (κ2) is 8.00. The monoisotopic (exact) mass is 476 g/mol. The predicted molar refractivity (Wildman–Crippen MR) is 117 cm³/mol. The number of rotatable bonds is 5. The molecule has 9 heteroatoms. The molecule has 3 aromatic rings. The van der Waals surface area contributed by atoms with E-state index >= 15 is 0 Å². The van der Waals surface area contributed by atoms with Crippen LogP contribution in [0.2, 0.25) is 0 Å². The lowest BCUT2D eigenvalue weighted by atomic mass is 9.92. The molecule has 0 saturated carbocycles. The Kier molecular flexibility index (Phi) is 5.81. The molecule has 0 fully saturated rings. The first-order chi connectivity index (χ1) is 13.5. The zero-order chi connectivity index (χ0) is 21.2. The van der Waals surface area contributed by atoms with Gasteiger partial charge in [-0.1, -0.05) is 42.8 Å². The topological polar surface area (TPSA) is 104 Å². The van der Waals surface area contributed by atoms with Crippen LogP contribution in [0.1, 0.15) is 36.8 Å². The molecule has 0 saturated heterocycles. The third-order valence-corrected chi connectivity index (χ3v) is 6.04. The quantitative estimate of drug-likeness (QED) is 0.503. The molecule has 0 aliphatic carbocycles. The molecule has 0 aliphatic rings. The summed E-state index contributed by atoms with van der Waals surface area (Å²) in [6.07, 6.45) is 0. The first-order valence-electron chi connectivity index (χ1n) is 8.80. The van der Waals surface area contributed by atoms with Crippen LogP contribution < -0.4 is 10.0 Å². The number of hydrogen-bond acceptors (Lipinski definition) is 4. The lowest BCUT2D eigenvalue weighted by Gasteiger charge is -2.14. The Balaban J connectivity index is 1.78. The van der Waals surface area contributed by atoms with E-state index in [0.717, 1.165) is 10.2 Å². The molecule has 0 aliphatic heterocycles. The number of anilines is 2. The number of aromatic amines is 1. The fraction of sp³-hybridized carbons (Fsp3) is 0.200. The number of benzene rings is 2. The van der Waals surface area contributed by atoms with Crippen molar-refractivity contribution in [2.24, 2.45) is 0 Å². The van der Waals surface area contributed by atoms with E-state index in [0.29, 0.717) is 11.5 Å². The highest BCUT2D eigenvalue weighted by molar-refractivity contribution is 9.10. The first kappa shape index (κ1) is 21.1. The van der Waals surface area contributed by atoms with E-state index in [2.05, 4.69) is 36.2 Å². The van der Waals surface area contributed by atoms with Crippen LogP contribution in [0.15, 0.2) is 64.0 Å². The van der Waals surface area contributed by atoms with Crippen molar-refractivity contribution in [2.75, 3.05) is 10.0 Å². The van der Waals surface area contributed by atoms with Crippen molar-refractivity contribution in [1.82, 2.24) is 10.2 Å². The van der Waals surface area contributed by atoms with Gasteiger partial charge in [0.25, 0.3) is 15.9 Å². The van der Waals surface area contributed by atoms with Crippen LogP contribution in [0.3, 0.4) is 0 Å². The summed E-state index contributed by atoms with van der Waals surface area (Å²) in [5, 5.41) is 9.67. The summed E-state index contributed by atoms with van der Waals surface area (Å²) < 4.78 is 28.7. The van der Waals surface area contributed by atoms with Gasteiger partial charge in [-0.3, -0.25) is 14.6 Å². The van der Waals surface area contributed by atoms with E-state index < -0.39 is 15.9 Å². The van der Waals surface area contributed by atoms with E-state index in [9.17, 15) is 13.2 Å². The fourth-order valence-corrected chi connectivity index (χ4v) is 3.86. The maximum absolute atomic E-state index is 12.7. The van der Waals surface area contributed by atoms with Gasteiger partial charge in [0.15, 0.2) is 5.82 Å². The molecule has 0 bridgehead atoms. The second-order valence-corrected chi connectivity index (χ2v) is 10.1. The number of amides is 1. The van der Waals surface area contributed by atoms with Gasteiger partial charge in [-0.15, -0.1) is 0 Å². The molecule has 0 radical (unpaired) electrons. The molecule has 29 heavy (non-hydrogen) atoms. The van der Waals surface area contributed by atoms with Gasteiger partial charge in [-0.05, 0) is 42.5 Å². The summed E-state index contributed by atoms with van der Waals surface area (Å²) in [5.74, 6) is -0.0705. The SMILES string of the molecule is CC(C)(C)c1cc(NC(=O)c2cccc(S(=O)(=O)Nc3ccc(Br)cc3)c2)n[nH]1. The van der Waals surface area contributed by atoms with Crippen LogP contribution in [-0.2, 0) is 15.4 Å². The van der Waals surface area contributed by atoms with E-state index in [1.807, 2.05) is 20.8 Å². The molecule has 3 rings (SSSR count). The fourth-order valence-electron chi connectivity index (χ4n) is 2.49. The summed E-state index contributed by atoms with van der Waals surface area (Å²) >= 11 is 3.31. The van der Waals surface area contributed by atoms with Crippen molar-refractivity contribution in [2.45, 2.75) is 31.1 Å². The van der Waals surface area contributed by atoms with Crippen LogP contribution in [0, 0.1) is 0 Å². The zero-order valence-corrected chi connectivity index (χ0v) is 18.6. The van der Waals surface area contributed by atoms with Gasteiger partial charge >= 0.3 is 0 Å². The van der Waals surface area contributed by atoms with Gasteiger partial charge in [0, 0.05) is 32.9 Å². The maximum Gasteiger partial charge on any atom is 0.261 e. The van der Waals surface area contributed by atoms with E-state index in [4.69, 9.17) is 0 Å². The Bertz CT molecular complexity index is 1130. The lowest BCUT2D eigenvalue weighted by Crippen LogP contribution is -2.16. The van der Waals surface area contributed by atoms with Crippen molar-refractivity contribution < 1.29 is 13.2 Å². The highest BCUT2D eigenvalue weighted by Crippen LogP contribution is 2.23. The van der Waals surface area contributed by atoms with Crippen molar-refractivity contribution in [3.8, 4) is 0 Å². The van der Waals surface area contributed by atoms with Crippen LogP contribution in [0.4, 0.5) is 11.5 Å². The van der Waals surface area contributed by atoms with Crippen LogP contribution in [0.5, 0.6) is 0 Å². The van der Waals surface area contributed by atoms with Crippen molar-refractivity contribution >= 4 is 43.4 Å². The Labute approximate surface area is 178 Å². The molecule has 152 valence electrons. The third-order valence-electron chi connectivity index (χ3n) is 4.13.